The summed E-state index contributed by atoms with van der Waals surface area (Å²) in [5.41, 5.74) is 3.54. The zero-order valence-electron chi connectivity index (χ0n) is 14.8. The summed E-state index contributed by atoms with van der Waals surface area (Å²) in [4.78, 5) is 12.9. The van der Waals surface area contributed by atoms with Crippen LogP contribution in [0.1, 0.15) is 47.8 Å². The van der Waals surface area contributed by atoms with Gasteiger partial charge in [-0.2, -0.15) is 0 Å². The molecule has 3 nitrogen and oxygen atoms in total. The standard InChI is InChI=1S/C21H24O3/c1-14-5-7-15(8-6-14)20(22)16-9-17(21(2,3)4)11-18(10-16)23-12-19-13-24-19/h5-11,19H,12-13H2,1-4H3. The quantitative estimate of drug-likeness (QED) is 0.608. The summed E-state index contributed by atoms with van der Waals surface area (Å²) in [5.74, 6) is 0.752. The summed E-state index contributed by atoms with van der Waals surface area (Å²) in [7, 11) is 0. The average molecular weight is 324 g/mol. The van der Waals surface area contributed by atoms with E-state index in [0.717, 1.165) is 23.5 Å². The van der Waals surface area contributed by atoms with E-state index in [2.05, 4.69) is 20.8 Å². The second-order valence-corrected chi connectivity index (χ2v) is 7.46. The van der Waals surface area contributed by atoms with Gasteiger partial charge in [-0.25, -0.2) is 0 Å². The van der Waals surface area contributed by atoms with Gasteiger partial charge in [-0.3, -0.25) is 4.79 Å². The van der Waals surface area contributed by atoms with Crippen molar-refractivity contribution >= 4 is 5.78 Å². The molecule has 1 unspecified atom stereocenters. The molecule has 1 fully saturated rings. The van der Waals surface area contributed by atoms with Gasteiger partial charge in [0.05, 0.1) is 6.61 Å². The molecule has 24 heavy (non-hydrogen) atoms. The second kappa shape index (κ2) is 6.40. The highest BCUT2D eigenvalue weighted by atomic mass is 16.6. The molecule has 126 valence electrons. The number of hydrogen-bond acceptors (Lipinski definition) is 3. The lowest BCUT2D eigenvalue weighted by Crippen LogP contribution is -2.14. The number of rotatable bonds is 5. The van der Waals surface area contributed by atoms with Crippen LogP contribution in [0.3, 0.4) is 0 Å². The van der Waals surface area contributed by atoms with E-state index in [0.29, 0.717) is 17.7 Å². The fourth-order valence-corrected chi connectivity index (χ4v) is 2.47. The fraction of sp³-hybridized carbons (Fsp3) is 0.381. The normalized spacial score (nSPS) is 16.8. The molecule has 3 heteroatoms. The SMILES string of the molecule is Cc1ccc(C(=O)c2cc(OCC3CO3)cc(C(C)(C)C)c2)cc1. The van der Waals surface area contributed by atoms with Gasteiger partial charge >= 0.3 is 0 Å². The fourth-order valence-electron chi connectivity index (χ4n) is 2.47. The highest BCUT2D eigenvalue weighted by Crippen LogP contribution is 2.29. The lowest BCUT2D eigenvalue weighted by atomic mass is 9.85. The third-order valence-corrected chi connectivity index (χ3v) is 4.19. The van der Waals surface area contributed by atoms with Gasteiger partial charge in [0, 0.05) is 11.1 Å². The Labute approximate surface area is 143 Å². The number of carbonyl (C=O) groups excluding carboxylic acids is 1. The smallest absolute Gasteiger partial charge is 0.193 e. The Bertz CT molecular complexity index is 735. The van der Waals surface area contributed by atoms with Crippen LogP contribution >= 0.6 is 0 Å². The Hall–Kier alpha value is -2.13. The van der Waals surface area contributed by atoms with Gasteiger partial charge in [0.1, 0.15) is 18.5 Å². The zero-order chi connectivity index (χ0) is 17.3. The molecule has 1 heterocycles. The summed E-state index contributed by atoms with van der Waals surface area (Å²) in [6.07, 6.45) is 0.194. The van der Waals surface area contributed by atoms with Crippen molar-refractivity contribution in [2.45, 2.75) is 39.2 Å². The van der Waals surface area contributed by atoms with Gasteiger partial charge in [-0.15, -0.1) is 0 Å². The van der Waals surface area contributed by atoms with Crippen molar-refractivity contribution in [3.8, 4) is 5.75 Å². The number of benzene rings is 2. The Kier molecular flexibility index (Phi) is 4.46. The van der Waals surface area contributed by atoms with Crippen molar-refractivity contribution in [3.05, 3.63) is 64.7 Å². The average Bonchev–Trinajstić information content (AvgIpc) is 3.36. The van der Waals surface area contributed by atoms with Crippen LogP contribution in [-0.4, -0.2) is 25.1 Å². The molecule has 0 bridgehead atoms. The van der Waals surface area contributed by atoms with Crippen LogP contribution in [0.2, 0.25) is 0 Å². The molecule has 0 aromatic heterocycles. The third-order valence-electron chi connectivity index (χ3n) is 4.19. The molecule has 0 aliphatic carbocycles. The third kappa shape index (κ3) is 4.04. The predicted octanol–water partition coefficient (Wildman–Crippen LogP) is 4.30. The van der Waals surface area contributed by atoms with Crippen molar-refractivity contribution in [2.24, 2.45) is 0 Å². The van der Waals surface area contributed by atoms with E-state index in [4.69, 9.17) is 9.47 Å². The second-order valence-electron chi connectivity index (χ2n) is 7.46. The van der Waals surface area contributed by atoms with Crippen LogP contribution in [0.5, 0.6) is 5.75 Å². The molecular weight excluding hydrogens is 300 g/mol. The highest BCUT2D eigenvalue weighted by molar-refractivity contribution is 6.09. The van der Waals surface area contributed by atoms with Gasteiger partial charge in [0.15, 0.2) is 5.78 Å². The van der Waals surface area contributed by atoms with E-state index in [1.165, 1.54) is 0 Å². The molecule has 2 aromatic carbocycles. The first-order chi connectivity index (χ1) is 11.3. The van der Waals surface area contributed by atoms with Crippen molar-refractivity contribution in [1.29, 1.82) is 0 Å². The Balaban J connectivity index is 1.93. The monoisotopic (exact) mass is 324 g/mol. The van der Waals surface area contributed by atoms with Crippen molar-refractivity contribution < 1.29 is 14.3 Å². The Morgan fingerprint density at radius 2 is 1.79 bits per heavy atom. The summed E-state index contributed by atoms with van der Waals surface area (Å²) in [6, 6.07) is 13.5. The maximum atomic E-state index is 12.9. The van der Waals surface area contributed by atoms with E-state index in [1.54, 1.807) is 0 Å². The first kappa shape index (κ1) is 16.7. The molecular formula is C21H24O3. The number of carbonyl (C=O) groups is 1. The van der Waals surface area contributed by atoms with Crippen LogP contribution in [0.15, 0.2) is 42.5 Å². The topological polar surface area (TPSA) is 38.8 Å². The summed E-state index contributed by atoms with van der Waals surface area (Å²) in [6.45, 7) is 9.71. The predicted molar refractivity (Wildman–Crippen MR) is 95.0 cm³/mol. The Morgan fingerprint density at radius 3 is 2.38 bits per heavy atom. The van der Waals surface area contributed by atoms with Crippen molar-refractivity contribution in [2.75, 3.05) is 13.2 Å². The number of aryl methyl sites for hydroxylation is 1. The van der Waals surface area contributed by atoms with E-state index >= 15 is 0 Å². The molecule has 1 saturated heterocycles. The van der Waals surface area contributed by atoms with Crippen LogP contribution in [-0.2, 0) is 10.2 Å². The number of hydrogen-bond donors (Lipinski definition) is 0. The van der Waals surface area contributed by atoms with Crippen LogP contribution in [0.4, 0.5) is 0 Å². The highest BCUT2D eigenvalue weighted by Gasteiger charge is 2.24. The first-order valence-corrected chi connectivity index (χ1v) is 8.34. The van der Waals surface area contributed by atoms with Gasteiger partial charge < -0.3 is 9.47 Å². The zero-order valence-corrected chi connectivity index (χ0v) is 14.8. The molecule has 0 radical (unpaired) electrons. The molecule has 2 aromatic rings. The van der Waals surface area contributed by atoms with Crippen molar-refractivity contribution in [3.63, 3.8) is 0 Å². The summed E-state index contributed by atoms with van der Waals surface area (Å²) < 4.78 is 11.0. The van der Waals surface area contributed by atoms with Gasteiger partial charge in [-0.05, 0) is 36.1 Å². The number of ether oxygens (including phenoxy) is 2. The van der Waals surface area contributed by atoms with Gasteiger partial charge in [0.25, 0.3) is 0 Å². The van der Waals surface area contributed by atoms with Crippen molar-refractivity contribution in [1.82, 2.24) is 0 Å². The van der Waals surface area contributed by atoms with E-state index in [-0.39, 0.29) is 17.3 Å². The molecule has 1 atom stereocenters. The summed E-state index contributed by atoms with van der Waals surface area (Å²) >= 11 is 0. The molecule has 0 spiro atoms. The van der Waals surface area contributed by atoms with Crippen LogP contribution in [0.25, 0.3) is 0 Å². The Morgan fingerprint density at radius 1 is 1.12 bits per heavy atom. The van der Waals surface area contributed by atoms with Gasteiger partial charge in [0.2, 0.25) is 0 Å². The minimum Gasteiger partial charge on any atom is -0.491 e. The lowest BCUT2D eigenvalue weighted by Gasteiger charge is -2.21. The molecule has 0 amide bonds. The maximum absolute atomic E-state index is 12.9. The molecule has 1 aliphatic heterocycles. The lowest BCUT2D eigenvalue weighted by molar-refractivity contribution is 0.103. The minimum absolute atomic E-state index is 0.0219. The number of epoxide rings is 1. The minimum atomic E-state index is -0.0578. The molecule has 0 saturated carbocycles. The van der Waals surface area contributed by atoms with E-state index in [1.807, 2.05) is 49.4 Å². The van der Waals surface area contributed by atoms with Crippen LogP contribution < -0.4 is 4.74 Å². The largest absolute Gasteiger partial charge is 0.491 e. The molecule has 3 rings (SSSR count). The maximum Gasteiger partial charge on any atom is 0.193 e. The van der Waals surface area contributed by atoms with E-state index < -0.39 is 0 Å². The van der Waals surface area contributed by atoms with E-state index in [9.17, 15) is 4.79 Å². The summed E-state index contributed by atoms with van der Waals surface area (Å²) in [5, 5.41) is 0. The number of ketones is 1. The molecule has 1 aliphatic rings. The van der Waals surface area contributed by atoms with Gasteiger partial charge in [-0.1, -0.05) is 50.6 Å². The van der Waals surface area contributed by atoms with Crippen LogP contribution in [0, 0.1) is 6.92 Å². The molecule has 0 N–H and O–H groups in total. The first-order valence-electron chi connectivity index (χ1n) is 8.34.